The van der Waals surface area contributed by atoms with Crippen molar-refractivity contribution in [2.24, 2.45) is 0 Å². The number of nitrogens with zero attached hydrogens (tertiary/aromatic N) is 3. The first kappa shape index (κ1) is 19.1. The zero-order valence-corrected chi connectivity index (χ0v) is 17.5. The van der Waals surface area contributed by atoms with Gasteiger partial charge >= 0.3 is 0 Å². The summed E-state index contributed by atoms with van der Waals surface area (Å²) in [6.45, 7) is 4.55. The summed E-state index contributed by atoms with van der Waals surface area (Å²) in [4.78, 5) is 25.2. The van der Waals surface area contributed by atoms with Crippen LogP contribution in [0, 0.1) is 13.8 Å². The SMILES string of the molecule is Cc1ccc(C(=O)NCCc2c[nH]c3ccccc23)cc1-n1c(C)nc2cccnc21. The molecule has 0 saturated heterocycles. The van der Waals surface area contributed by atoms with Crippen molar-refractivity contribution >= 4 is 28.0 Å². The highest BCUT2D eigenvalue weighted by Gasteiger charge is 2.15. The molecule has 2 aromatic carbocycles. The summed E-state index contributed by atoms with van der Waals surface area (Å²) < 4.78 is 2.01. The second-order valence-electron chi connectivity index (χ2n) is 7.71. The Balaban J connectivity index is 1.37. The van der Waals surface area contributed by atoms with E-state index in [0.29, 0.717) is 12.1 Å². The number of aromatic nitrogens is 4. The largest absolute Gasteiger partial charge is 0.361 e. The Morgan fingerprint density at radius 3 is 2.87 bits per heavy atom. The van der Waals surface area contributed by atoms with Crippen LogP contribution in [0.3, 0.4) is 0 Å². The minimum atomic E-state index is -0.0869. The van der Waals surface area contributed by atoms with Crippen LogP contribution >= 0.6 is 0 Å². The van der Waals surface area contributed by atoms with Crippen molar-refractivity contribution in [1.82, 2.24) is 24.8 Å². The molecule has 31 heavy (non-hydrogen) atoms. The monoisotopic (exact) mass is 409 g/mol. The number of hydrogen-bond acceptors (Lipinski definition) is 3. The van der Waals surface area contributed by atoms with Crippen molar-refractivity contribution in [2.75, 3.05) is 6.54 Å². The van der Waals surface area contributed by atoms with Crippen LogP contribution in [0.1, 0.15) is 27.3 Å². The molecule has 0 radical (unpaired) electrons. The lowest BCUT2D eigenvalue weighted by Gasteiger charge is -2.12. The van der Waals surface area contributed by atoms with E-state index in [1.807, 2.05) is 67.1 Å². The molecule has 5 aromatic rings. The van der Waals surface area contributed by atoms with E-state index in [1.165, 1.54) is 10.9 Å². The number of pyridine rings is 1. The van der Waals surface area contributed by atoms with E-state index in [1.54, 1.807) is 6.20 Å². The van der Waals surface area contributed by atoms with Gasteiger partial charge in [0, 0.05) is 35.4 Å². The number of rotatable bonds is 5. The highest BCUT2D eigenvalue weighted by molar-refractivity contribution is 5.95. The first-order valence-electron chi connectivity index (χ1n) is 10.4. The Bertz CT molecular complexity index is 1410. The lowest BCUT2D eigenvalue weighted by molar-refractivity contribution is 0.0954. The van der Waals surface area contributed by atoms with E-state index in [-0.39, 0.29) is 5.91 Å². The molecule has 2 N–H and O–H groups in total. The van der Waals surface area contributed by atoms with E-state index in [4.69, 9.17) is 0 Å². The fourth-order valence-electron chi connectivity index (χ4n) is 4.06. The molecule has 5 rings (SSSR count). The number of aromatic amines is 1. The van der Waals surface area contributed by atoms with E-state index in [2.05, 4.69) is 32.4 Å². The van der Waals surface area contributed by atoms with E-state index < -0.39 is 0 Å². The Labute approximate surface area is 180 Å². The van der Waals surface area contributed by atoms with Gasteiger partial charge in [0.25, 0.3) is 5.91 Å². The number of amides is 1. The number of carbonyl (C=O) groups excluding carboxylic acids is 1. The second-order valence-corrected chi connectivity index (χ2v) is 7.71. The molecule has 6 heteroatoms. The zero-order chi connectivity index (χ0) is 21.4. The first-order chi connectivity index (χ1) is 15.1. The van der Waals surface area contributed by atoms with Gasteiger partial charge in [-0.2, -0.15) is 0 Å². The summed E-state index contributed by atoms with van der Waals surface area (Å²) in [5.74, 6) is 0.754. The van der Waals surface area contributed by atoms with Crippen molar-refractivity contribution in [1.29, 1.82) is 0 Å². The van der Waals surface area contributed by atoms with Crippen LogP contribution < -0.4 is 5.32 Å². The van der Waals surface area contributed by atoms with Crippen LogP contribution in [0.4, 0.5) is 0 Å². The summed E-state index contributed by atoms with van der Waals surface area (Å²) in [7, 11) is 0. The number of benzene rings is 2. The normalized spacial score (nSPS) is 11.3. The molecule has 0 bridgehead atoms. The average molecular weight is 409 g/mol. The summed E-state index contributed by atoms with van der Waals surface area (Å²) >= 11 is 0. The lowest BCUT2D eigenvalue weighted by atomic mass is 10.1. The third-order valence-corrected chi connectivity index (χ3v) is 5.65. The van der Waals surface area contributed by atoms with Crippen LogP contribution in [-0.4, -0.2) is 32.0 Å². The predicted octanol–water partition coefficient (Wildman–Crippen LogP) is 4.49. The van der Waals surface area contributed by atoms with Crippen molar-refractivity contribution in [3.63, 3.8) is 0 Å². The number of para-hydroxylation sites is 1. The van der Waals surface area contributed by atoms with Gasteiger partial charge in [0.15, 0.2) is 5.65 Å². The fraction of sp³-hybridized carbons (Fsp3) is 0.160. The van der Waals surface area contributed by atoms with Gasteiger partial charge in [-0.05, 0) is 61.7 Å². The van der Waals surface area contributed by atoms with Crippen LogP contribution in [0.2, 0.25) is 0 Å². The predicted molar refractivity (Wildman–Crippen MR) is 123 cm³/mol. The van der Waals surface area contributed by atoms with Crippen LogP contribution in [0.5, 0.6) is 0 Å². The third-order valence-electron chi connectivity index (χ3n) is 5.65. The molecule has 154 valence electrons. The molecule has 3 heterocycles. The third kappa shape index (κ3) is 3.46. The Morgan fingerprint density at radius 2 is 1.97 bits per heavy atom. The smallest absolute Gasteiger partial charge is 0.251 e. The molecular weight excluding hydrogens is 386 g/mol. The van der Waals surface area contributed by atoms with E-state index >= 15 is 0 Å². The minimum absolute atomic E-state index is 0.0869. The summed E-state index contributed by atoms with van der Waals surface area (Å²) in [6.07, 6.45) is 4.54. The molecule has 6 nitrogen and oxygen atoms in total. The van der Waals surface area contributed by atoms with Gasteiger partial charge in [0.05, 0.1) is 5.69 Å². The standard InChI is InChI=1S/C25H23N5O/c1-16-9-10-18(14-23(16)30-17(2)29-22-8-5-12-26-24(22)30)25(31)27-13-11-19-15-28-21-7-4-3-6-20(19)21/h3-10,12,14-15,28H,11,13H2,1-2H3,(H,27,31). The van der Waals surface area contributed by atoms with Gasteiger partial charge in [-0.1, -0.05) is 24.3 Å². The van der Waals surface area contributed by atoms with Gasteiger partial charge in [-0.3, -0.25) is 9.36 Å². The highest BCUT2D eigenvalue weighted by Crippen LogP contribution is 2.23. The van der Waals surface area contributed by atoms with Crippen LogP contribution in [-0.2, 0) is 6.42 Å². The molecule has 0 saturated carbocycles. The van der Waals surface area contributed by atoms with Gasteiger partial charge < -0.3 is 10.3 Å². The maximum absolute atomic E-state index is 12.9. The second kappa shape index (κ2) is 7.72. The van der Waals surface area contributed by atoms with Crippen LogP contribution in [0.15, 0.2) is 67.0 Å². The van der Waals surface area contributed by atoms with Crippen molar-refractivity contribution in [3.05, 3.63) is 89.5 Å². The van der Waals surface area contributed by atoms with Crippen molar-refractivity contribution in [3.8, 4) is 5.69 Å². The summed E-state index contributed by atoms with van der Waals surface area (Å²) in [6, 6.07) is 17.8. The number of aryl methyl sites for hydroxylation is 2. The van der Waals surface area contributed by atoms with E-state index in [9.17, 15) is 4.79 Å². The minimum Gasteiger partial charge on any atom is -0.361 e. The maximum atomic E-state index is 12.9. The van der Waals surface area contributed by atoms with Crippen LogP contribution in [0.25, 0.3) is 27.8 Å². The lowest BCUT2D eigenvalue weighted by Crippen LogP contribution is -2.25. The molecule has 3 aromatic heterocycles. The van der Waals surface area contributed by atoms with Gasteiger partial charge in [0.2, 0.25) is 0 Å². The number of nitrogens with one attached hydrogen (secondary N) is 2. The number of imidazole rings is 1. The molecule has 0 atom stereocenters. The summed E-state index contributed by atoms with van der Waals surface area (Å²) in [5.41, 5.74) is 6.55. The molecule has 0 aliphatic heterocycles. The number of fused-ring (bicyclic) bond motifs is 2. The number of hydrogen-bond donors (Lipinski definition) is 2. The molecule has 0 aliphatic carbocycles. The van der Waals surface area contributed by atoms with Crippen molar-refractivity contribution < 1.29 is 4.79 Å². The summed E-state index contributed by atoms with van der Waals surface area (Å²) in [5, 5.41) is 4.25. The molecule has 0 aliphatic rings. The zero-order valence-electron chi connectivity index (χ0n) is 17.5. The van der Waals surface area contributed by atoms with Crippen molar-refractivity contribution in [2.45, 2.75) is 20.3 Å². The topological polar surface area (TPSA) is 75.6 Å². The Morgan fingerprint density at radius 1 is 1.10 bits per heavy atom. The highest BCUT2D eigenvalue weighted by atomic mass is 16.1. The Kier molecular flexibility index (Phi) is 4.75. The number of carbonyl (C=O) groups is 1. The Hall–Kier alpha value is -3.93. The van der Waals surface area contributed by atoms with Gasteiger partial charge in [0.1, 0.15) is 11.3 Å². The molecule has 0 unspecified atom stereocenters. The first-order valence-corrected chi connectivity index (χ1v) is 10.4. The molecule has 0 fully saturated rings. The quantitative estimate of drug-likeness (QED) is 0.449. The maximum Gasteiger partial charge on any atom is 0.251 e. The molecule has 0 spiro atoms. The number of H-pyrrole nitrogens is 1. The molecular formula is C25H23N5O. The average Bonchev–Trinajstić information content (AvgIpc) is 3.34. The van der Waals surface area contributed by atoms with Gasteiger partial charge in [-0.15, -0.1) is 0 Å². The fourth-order valence-corrected chi connectivity index (χ4v) is 4.06. The van der Waals surface area contributed by atoms with Gasteiger partial charge in [-0.25, -0.2) is 9.97 Å². The molecule has 1 amide bonds. The van der Waals surface area contributed by atoms with E-state index in [0.717, 1.165) is 40.2 Å².